The second kappa shape index (κ2) is 8.34. The highest BCUT2D eigenvalue weighted by Crippen LogP contribution is 2.04. The molecule has 0 saturated heterocycles. The lowest BCUT2D eigenvalue weighted by atomic mass is 10.1. The first-order valence-corrected chi connectivity index (χ1v) is 8.09. The van der Waals surface area contributed by atoms with E-state index in [0.29, 0.717) is 25.7 Å². The lowest BCUT2D eigenvalue weighted by molar-refractivity contribution is 0.203. The van der Waals surface area contributed by atoms with E-state index >= 15 is 0 Å². The van der Waals surface area contributed by atoms with Gasteiger partial charge in [0.2, 0.25) is 10.0 Å². The number of guanidine groups is 1. The third kappa shape index (κ3) is 10.7. The van der Waals surface area contributed by atoms with E-state index in [0.717, 1.165) is 12.8 Å². The van der Waals surface area contributed by atoms with Crippen molar-refractivity contribution in [1.82, 2.24) is 15.4 Å². The van der Waals surface area contributed by atoms with Gasteiger partial charge in [-0.05, 0) is 20.8 Å². The van der Waals surface area contributed by atoms with E-state index in [1.54, 1.807) is 21.0 Å². The molecule has 0 unspecified atom stereocenters. The Morgan fingerprint density at radius 3 is 2.42 bits per heavy atom. The van der Waals surface area contributed by atoms with Gasteiger partial charge >= 0.3 is 0 Å². The largest absolute Gasteiger partial charge is 0.383 e. The SMILES string of the molecule is CCNC(=NCC(C)(C)NS(C)(=O)=O)NCCOC. The molecule has 0 radical (unpaired) electrons. The molecule has 0 aliphatic carbocycles. The molecule has 0 aromatic carbocycles. The summed E-state index contributed by atoms with van der Waals surface area (Å²) in [6.45, 7) is 7.83. The fourth-order valence-corrected chi connectivity index (χ4v) is 2.49. The van der Waals surface area contributed by atoms with E-state index in [1.807, 2.05) is 6.92 Å². The Bertz CT molecular complexity index is 379. The second-order valence-corrected chi connectivity index (χ2v) is 6.62. The van der Waals surface area contributed by atoms with Gasteiger partial charge in [0, 0.05) is 25.7 Å². The summed E-state index contributed by atoms with van der Waals surface area (Å²) >= 11 is 0. The van der Waals surface area contributed by atoms with Gasteiger partial charge in [0.15, 0.2) is 5.96 Å². The molecule has 0 aromatic heterocycles. The molecule has 0 aliphatic heterocycles. The van der Waals surface area contributed by atoms with Crippen molar-refractivity contribution in [2.75, 3.05) is 39.6 Å². The number of hydrogen-bond acceptors (Lipinski definition) is 4. The van der Waals surface area contributed by atoms with Crippen LogP contribution >= 0.6 is 0 Å². The van der Waals surface area contributed by atoms with E-state index in [4.69, 9.17) is 4.74 Å². The monoisotopic (exact) mass is 294 g/mol. The molecule has 8 heteroatoms. The van der Waals surface area contributed by atoms with Crippen LogP contribution in [-0.4, -0.2) is 59.5 Å². The van der Waals surface area contributed by atoms with E-state index in [9.17, 15) is 8.42 Å². The Hall–Kier alpha value is -0.860. The van der Waals surface area contributed by atoms with Crippen molar-refractivity contribution in [1.29, 1.82) is 0 Å². The van der Waals surface area contributed by atoms with Gasteiger partial charge in [-0.1, -0.05) is 0 Å². The van der Waals surface area contributed by atoms with Crippen LogP contribution in [0.1, 0.15) is 20.8 Å². The number of aliphatic imine (C=N–C) groups is 1. The lowest BCUT2D eigenvalue weighted by Crippen LogP contribution is -2.47. The molecule has 3 N–H and O–H groups in total. The van der Waals surface area contributed by atoms with E-state index in [1.165, 1.54) is 0 Å². The molecular weight excluding hydrogens is 268 g/mol. The molecule has 0 aromatic rings. The van der Waals surface area contributed by atoms with Gasteiger partial charge in [-0.2, -0.15) is 0 Å². The van der Waals surface area contributed by atoms with E-state index < -0.39 is 15.6 Å². The van der Waals surface area contributed by atoms with Crippen molar-refractivity contribution in [3.05, 3.63) is 0 Å². The van der Waals surface area contributed by atoms with Crippen LogP contribution in [0.25, 0.3) is 0 Å². The molecule has 0 aliphatic rings. The smallest absolute Gasteiger partial charge is 0.209 e. The molecule has 7 nitrogen and oxygen atoms in total. The number of sulfonamides is 1. The van der Waals surface area contributed by atoms with Crippen molar-refractivity contribution in [2.45, 2.75) is 26.3 Å². The topological polar surface area (TPSA) is 91.8 Å². The zero-order chi connectivity index (χ0) is 14.9. The number of rotatable bonds is 8. The summed E-state index contributed by atoms with van der Waals surface area (Å²) in [6.07, 6.45) is 1.14. The summed E-state index contributed by atoms with van der Waals surface area (Å²) in [6, 6.07) is 0. The third-order valence-corrected chi connectivity index (χ3v) is 2.96. The minimum atomic E-state index is -3.24. The highest BCUT2D eigenvalue weighted by Gasteiger charge is 2.21. The van der Waals surface area contributed by atoms with Gasteiger partial charge in [0.25, 0.3) is 0 Å². The molecule has 0 spiro atoms. The molecule has 0 saturated carbocycles. The lowest BCUT2D eigenvalue weighted by Gasteiger charge is -2.23. The van der Waals surface area contributed by atoms with Crippen molar-refractivity contribution in [3.8, 4) is 0 Å². The standard InChI is InChI=1S/C11H26N4O3S/c1-6-12-10(13-7-8-18-4)14-9-11(2,3)15-19(5,16)17/h15H,6-9H2,1-5H3,(H2,12,13,14). The maximum absolute atomic E-state index is 11.2. The quantitative estimate of drug-likeness (QED) is 0.319. The summed E-state index contributed by atoms with van der Waals surface area (Å²) in [5.41, 5.74) is -0.628. The summed E-state index contributed by atoms with van der Waals surface area (Å²) in [5, 5.41) is 6.18. The van der Waals surface area contributed by atoms with Gasteiger partial charge in [0.05, 0.1) is 19.4 Å². The predicted molar refractivity (Wildman–Crippen MR) is 77.9 cm³/mol. The molecule has 0 atom stereocenters. The molecule has 0 amide bonds. The maximum atomic E-state index is 11.2. The molecule has 114 valence electrons. The van der Waals surface area contributed by atoms with Crippen molar-refractivity contribution >= 4 is 16.0 Å². The van der Waals surface area contributed by atoms with Crippen LogP contribution in [0.4, 0.5) is 0 Å². The first kappa shape index (κ1) is 18.1. The first-order valence-electron chi connectivity index (χ1n) is 6.20. The summed E-state index contributed by atoms with van der Waals surface area (Å²) in [5.74, 6) is 0.642. The van der Waals surface area contributed by atoms with Gasteiger partial charge in [-0.25, -0.2) is 13.1 Å². The van der Waals surface area contributed by atoms with Crippen LogP contribution in [0.5, 0.6) is 0 Å². The molecular formula is C11H26N4O3S. The van der Waals surface area contributed by atoms with Crippen molar-refractivity contribution < 1.29 is 13.2 Å². The fourth-order valence-electron chi connectivity index (χ4n) is 1.42. The maximum Gasteiger partial charge on any atom is 0.209 e. The van der Waals surface area contributed by atoms with E-state index in [-0.39, 0.29) is 0 Å². The highest BCUT2D eigenvalue weighted by molar-refractivity contribution is 7.88. The number of nitrogens with zero attached hydrogens (tertiary/aromatic N) is 1. The average Bonchev–Trinajstić information content (AvgIpc) is 2.23. The third-order valence-electron chi connectivity index (χ3n) is 2.04. The minimum Gasteiger partial charge on any atom is -0.383 e. The Labute approximate surface area is 116 Å². The van der Waals surface area contributed by atoms with Crippen LogP contribution in [0.2, 0.25) is 0 Å². The first-order chi connectivity index (χ1) is 8.70. The van der Waals surface area contributed by atoms with Crippen LogP contribution in [0.3, 0.4) is 0 Å². The van der Waals surface area contributed by atoms with Crippen LogP contribution in [-0.2, 0) is 14.8 Å². The second-order valence-electron chi connectivity index (χ2n) is 4.87. The van der Waals surface area contributed by atoms with Gasteiger partial charge in [-0.15, -0.1) is 0 Å². The zero-order valence-electron chi connectivity index (χ0n) is 12.4. The zero-order valence-corrected chi connectivity index (χ0v) is 13.2. The fraction of sp³-hybridized carbons (Fsp3) is 0.909. The molecule has 0 heterocycles. The normalized spacial score (nSPS) is 13.4. The van der Waals surface area contributed by atoms with Crippen LogP contribution < -0.4 is 15.4 Å². The predicted octanol–water partition coefficient (Wildman–Crippen LogP) is -0.484. The van der Waals surface area contributed by atoms with Crippen LogP contribution in [0, 0.1) is 0 Å². The Morgan fingerprint density at radius 2 is 1.95 bits per heavy atom. The molecule has 19 heavy (non-hydrogen) atoms. The molecule has 0 rings (SSSR count). The summed E-state index contributed by atoms with van der Waals surface area (Å²) in [4.78, 5) is 4.35. The number of hydrogen-bond donors (Lipinski definition) is 3. The Morgan fingerprint density at radius 1 is 1.32 bits per heavy atom. The molecule has 0 bridgehead atoms. The number of nitrogens with one attached hydrogen (secondary N) is 3. The van der Waals surface area contributed by atoms with Crippen LogP contribution in [0.15, 0.2) is 4.99 Å². The van der Waals surface area contributed by atoms with Gasteiger partial charge in [0.1, 0.15) is 0 Å². The minimum absolute atomic E-state index is 0.336. The average molecular weight is 294 g/mol. The summed E-state index contributed by atoms with van der Waals surface area (Å²) in [7, 11) is -1.61. The van der Waals surface area contributed by atoms with Crippen molar-refractivity contribution in [3.63, 3.8) is 0 Å². The van der Waals surface area contributed by atoms with Crippen molar-refractivity contribution in [2.24, 2.45) is 4.99 Å². The molecule has 0 fully saturated rings. The van der Waals surface area contributed by atoms with Gasteiger partial charge < -0.3 is 15.4 Å². The number of methoxy groups -OCH3 is 1. The Balaban J connectivity index is 4.49. The summed E-state index contributed by atoms with van der Waals surface area (Å²) < 4.78 is 29.9. The number of ether oxygens (including phenoxy) is 1. The van der Waals surface area contributed by atoms with E-state index in [2.05, 4.69) is 20.3 Å². The Kier molecular flexibility index (Phi) is 7.96. The highest BCUT2D eigenvalue weighted by atomic mass is 32.2. The van der Waals surface area contributed by atoms with Gasteiger partial charge in [-0.3, -0.25) is 4.99 Å².